The van der Waals surface area contributed by atoms with E-state index in [1.165, 1.54) is 5.56 Å². The van der Waals surface area contributed by atoms with E-state index in [2.05, 4.69) is 10.1 Å². The maximum atomic E-state index is 8.32. The number of nitrogens with zero attached hydrogens (tertiary/aromatic N) is 2. The van der Waals surface area contributed by atoms with Crippen LogP contribution in [0.1, 0.15) is 24.8 Å². The summed E-state index contributed by atoms with van der Waals surface area (Å²) in [6.45, 7) is 1.38. The highest BCUT2D eigenvalue weighted by Gasteiger charge is 1.95. The lowest BCUT2D eigenvalue weighted by atomic mass is 10.1. The fourth-order valence-electron chi connectivity index (χ4n) is 1.44. The van der Waals surface area contributed by atoms with Gasteiger partial charge in [-0.05, 0) is 37.0 Å². The van der Waals surface area contributed by atoms with Crippen molar-refractivity contribution in [3.8, 4) is 0 Å². The van der Waals surface area contributed by atoms with Crippen LogP contribution in [-0.4, -0.2) is 29.2 Å². The molecular formula is C12H19N3O2. The van der Waals surface area contributed by atoms with Gasteiger partial charge < -0.3 is 15.7 Å². The van der Waals surface area contributed by atoms with Crippen molar-refractivity contribution in [1.29, 1.82) is 0 Å². The summed E-state index contributed by atoms with van der Waals surface area (Å²) in [7, 11) is 0. The quantitative estimate of drug-likeness (QED) is 0.236. The fraction of sp³-hybridized carbons (Fsp3) is 0.500. The standard InChI is InChI=1S/C12H19N3O2/c13-12(15-16)4-2-10-17-9-1-3-11-5-7-14-8-6-11/h5-8,16H,1-4,9-10H2,(H2,13,15). The molecule has 5 nitrogen and oxygen atoms in total. The number of ether oxygens (including phenoxy) is 1. The number of hydrogen-bond acceptors (Lipinski definition) is 4. The molecule has 0 saturated heterocycles. The second kappa shape index (κ2) is 8.52. The summed E-state index contributed by atoms with van der Waals surface area (Å²) in [4.78, 5) is 3.96. The number of pyridine rings is 1. The molecule has 0 unspecified atom stereocenters. The lowest BCUT2D eigenvalue weighted by Crippen LogP contribution is -2.12. The van der Waals surface area contributed by atoms with Crippen molar-refractivity contribution in [2.45, 2.75) is 25.7 Å². The van der Waals surface area contributed by atoms with E-state index in [1.807, 2.05) is 12.1 Å². The van der Waals surface area contributed by atoms with Crippen LogP contribution in [0.4, 0.5) is 0 Å². The van der Waals surface area contributed by atoms with Crippen molar-refractivity contribution in [2.75, 3.05) is 13.2 Å². The second-order valence-corrected chi connectivity index (χ2v) is 3.77. The smallest absolute Gasteiger partial charge is 0.139 e. The molecule has 0 aromatic carbocycles. The summed E-state index contributed by atoms with van der Waals surface area (Å²) in [5.74, 6) is 0.255. The summed E-state index contributed by atoms with van der Waals surface area (Å²) in [6, 6.07) is 4.02. The van der Waals surface area contributed by atoms with Gasteiger partial charge in [-0.2, -0.15) is 0 Å². The minimum Gasteiger partial charge on any atom is -0.409 e. The average molecular weight is 237 g/mol. The summed E-state index contributed by atoms with van der Waals surface area (Å²) in [5, 5.41) is 11.2. The van der Waals surface area contributed by atoms with Gasteiger partial charge in [-0.3, -0.25) is 4.98 Å². The Bertz CT molecular complexity index is 328. The Morgan fingerprint density at radius 3 is 2.71 bits per heavy atom. The van der Waals surface area contributed by atoms with Crippen molar-refractivity contribution in [1.82, 2.24) is 4.98 Å². The molecule has 0 aliphatic rings. The Balaban J connectivity index is 1.95. The first-order valence-electron chi connectivity index (χ1n) is 5.76. The van der Waals surface area contributed by atoms with Gasteiger partial charge in [0.05, 0.1) is 0 Å². The van der Waals surface area contributed by atoms with Gasteiger partial charge in [-0.25, -0.2) is 0 Å². The maximum Gasteiger partial charge on any atom is 0.139 e. The lowest BCUT2D eigenvalue weighted by Gasteiger charge is -2.04. The number of oxime groups is 1. The molecule has 1 rings (SSSR count). The molecule has 0 saturated carbocycles. The zero-order valence-electron chi connectivity index (χ0n) is 9.88. The van der Waals surface area contributed by atoms with E-state index >= 15 is 0 Å². The molecule has 0 aliphatic carbocycles. The van der Waals surface area contributed by atoms with Crippen LogP contribution in [0.15, 0.2) is 29.7 Å². The van der Waals surface area contributed by atoms with E-state index in [4.69, 9.17) is 15.7 Å². The SMILES string of the molecule is N/C(CCCOCCCc1ccncc1)=N\O. The summed E-state index contributed by atoms with van der Waals surface area (Å²) < 4.78 is 5.44. The molecule has 0 spiro atoms. The van der Waals surface area contributed by atoms with Crippen molar-refractivity contribution < 1.29 is 9.94 Å². The van der Waals surface area contributed by atoms with Gasteiger partial charge in [0.1, 0.15) is 5.84 Å². The van der Waals surface area contributed by atoms with Crippen LogP contribution < -0.4 is 5.73 Å². The van der Waals surface area contributed by atoms with Crippen molar-refractivity contribution >= 4 is 5.84 Å². The first-order valence-corrected chi connectivity index (χ1v) is 5.76. The number of nitrogens with two attached hydrogens (primary N) is 1. The molecule has 0 atom stereocenters. The number of amidine groups is 1. The van der Waals surface area contributed by atoms with Gasteiger partial charge in [0, 0.05) is 32.0 Å². The zero-order chi connectivity index (χ0) is 12.3. The van der Waals surface area contributed by atoms with Crippen molar-refractivity contribution in [2.24, 2.45) is 10.9 Å². The van der Waals surface area contributed by atoms with Crippen LogP contribution >= 0.6 is 0 Å². The predicted molar refractivity (Wildman–Crippen MR) is 66.0 cm³/mol. The Labute approximate surface area is 101 Å². The van der Waals surface area contributed by atoms with Gasteiger partial charge >= 0.3 is 0 Å². The van der Waals surface area contributed by atoms with Gasteiger partial charge in [0.25, 0.3) is 0 Å². The summed E-state index contributed by atoms with van der Waals surface area (Å²) in [6.07, 6.45) is 6.95. The van der Waals surface area contributed by atoms with Crippen molar-refractivity contribution in [3.63, 3.8) is 0 Å². The third kappa shape index (κ3) is 6.52. The Hall–Kier alpha value is -1.62. The van der Waals surface area contributed by atoms with Crippen LogP contribution in [0.25, 0.3) is 0 Å². The summed E-state index contributed by atoms with van der Waals surface area (Å²) in [5.41, 5.74) is 6.61. The number of rotatable bonds is 8. The van der Waals surface area contributed by atoms with E-state index in [0.717, 1.165) is 25.9 Å². The van der Waals surface area contributed by atoms with Crippen LogP contribution in [0.5, 0.6) is 0 Å². The lowest BCUT2D eigenvalue weighted by molar-refractivity contribution is 0.130. The van der Waals surface area contributed by atoms with Gasteiger partial charge in [-0.15, -0.1) is 0 Å². The topological polar surface area (TPSA) is 80.7 Å². The Morgan fingerprint density at radius 1 is 1.29 bits per heavy atom. The predicted octanol–water partition coefficient (Wildman–Crippen LogP) is 1.56. The molecule has 94 valence electrons. The monoisotopic (exact) mass is 237 g/mol. The molecule has 3 N–H and O–H groups in total. The molecule has 0 bridgehead atoms. The molecule has 0 amide bonds. The third-order valence-electron chi connectivity index (χ3n) is 2.35. The van der Waals surface area contributed by atoms with Crippen LogP contribution in [0.2, 0.25) is 0 Å². The van der Waals surface area contributed by atoms with E-state index in [0.29, 0.717) is 13.0 Å². The normalized spacial score (nSPS) is 11.6. The van der Waals surface area contributed by atoms with E-state index in [9.17, 15) is 0 Å². The number of aryl methyl sites for hydroxylation is 1. The van der Waals surface area contributed by atoms with Gasteiger partial charge in [-0.1, -0.05) is 5.16 Å². The molecule has 17 heavy (non-hydrogen) atoms. The van der Waals surface area contributed by atoms with Crippen LogP contribution in [0, 0.1) is 0 Å². The first-order chi connectivity index (χ1) is 8.33. The molecule has 0 radical (unpaired) electrons. The average Bonchev–Trinajstić information content (AvgIpc) is 2.38. The molecule has 1 aromatic rings. The molecule has 1 heterocycles. The Kier molecular flexibility index (Phi) is 6.74. The van der Waals surface area contributed by atoms with Gasteiger partial charge in [0.2, 0.25) is 0 Å². The maximum absolute atomic E-state index is 8.32. The molecule has 0 fully saturated rings. The number of hydrogen-bond donors (Lipinski definition) is 2. The highest BCUT2D eigenvalue weighted by molar-refractivity contribution is 5.79. The second-order valence-electron chi connectivity index (χ2n) is 3.77. The molecule has 5 heteroatoms. The number of aromatic nitrogens is 1. The van der Waals surface area contributed by atoms with E-state index < -0.39 is 0 Å². The zero-order valence-corrected chi connectivity index (χ0v) is 9.88. The minimum absolute atomic E-state index is 0.255. The first kappa shape index (κ1) is 13.4. The fourth-order valence-corrected chi connectivity index (χ4v) is 1.44. The van der Waals surface area contributed by atoms with Crippen molar-refractivity contribution in [3.05, 3.63) is 30.1 Å². The van der Waals surface area contributed by atoms with Gasteiger partial charge in [0.15, 0.2) is 0 Å². The minimum atomic E-state index is 0.255. The molecular weight excluding hydrogens is 218 g/mol. The van der Waals surface area contributed by atoms with E-state index in [1.54, 1.807) is 12.4 Å². The van der Waals surface area contributed by atoms with E-state index in [-0.39, 0.29) is 5.84 Å². The molecule has 0 aliphatic heterocycles. The Morgan fingerprint density at radius 2 is 2.00 bits per heavy atom. The van der Waals surface area contributed by atoms with Crippen LogP contribution in [0.3, 0.4) is 0 Å². The highest BCUT2D eigenvalue weighted by Crippen LogP contribution is 2.01. The molecule has 1 aromatic heterocycles. The summed E-state index contributed by atoms with van der Waals surface area (Å²) >= 11 is 0. The third-order valence-corrected chi connectivity index (χ3v) is 2.35. The largest absolute Gasteiger partial charge is 0.409 e. The highest BCUT2D eigenvalue weighted by atomic mass is 16.5. The van der Waals surface area contributed by atoms with Crippen LogP contribution in [-0.2, 0) is 11.2 Å².